The number of carbonyl (C=O) groups is 1. The van der Waals surface area contributed by atoms with Crippen molar-refractivity contribution in [1.29, 1.82) is 0 Å². The first kappa shape index (κ1) is 11.7. The van der Waals surface area contributed by atoms with Gasteiger partial charge in [-0.1, -0.05) is 6.92 Å². The van der Waals surface area contributed by atoms with E-state index in [0.29, 0.717) is 25.2 Å². The molecule has 2 rings (SSSR count). The van der Waals surface area contributed by atoms with Gasteiger partial charge in [0.2, 0.25) is 0 Å². The summed E-state index contributed by atoms with van der Waals surface area (Å²) in [6.07, 6.45) is 2.69. The lowest BCUT2D eigenvalue weighted by molar-refractivity contribution is -0.0113. The van der Waals surface area contributed by atoms with Gasteiger partial charge in [0.15, 0.2) is 0 Å². The Balaban J connectivity index is 1.83. The third kappa shape index (κ3) is 2.48. The summed E-state index contributed by atoms with van der Waals surface area (Å²) in [5.74, 6) is 0.585. The van der Waals surface area contributed by atoms with Crippen LogP contribution in [0.25, 0.3) is 0 Å². The first-order valence-corrected chi connectivity index (χ1v) is 6.23. The summed E-state index contributed by atoms with van der Waals surface area (Å²) in [4.78, 5) is 13.8. The van der Waals surface area contributed by atoms with E-state index in [4.69, 9.17) is 9.47 Å². The van der Waals surface area contributed by atoms with Crippen molar-refractivity contribution < 1.29 is 14.3 Å². The average molecular weight is 227 g/mol. The van der Waals surface area contributed by atoms with E-state index in [-0.39, 0.29) is 12.2 Å². The van der Waals surface area contributed by atoms with Crippen LogP contribution < -0.4 is 0 Å². The molecule has 0 aromatic rings. The van der Waals surface area contributed by atoms with E-state index >= 15 is 0 Å². The van der Waals surface area contributed by atoms with E-state index in [2.05, 4.69) is 13.8 Å². The van der Waals surface area contributed by atoms with Crippen LogP contribution in [-0.4, -0.2) is 42.9 Å². The van der Waals surface area contributed by atoms with Crippen LogP contribution in [0.15, 0.2) is 0 Å². The maximum atomic E-state index is 11.9. The number of hydrogen-bond acceptors (Lipinski definition) is 3. The molecular formula is C12H21NO3. The molecule has 2 heterocycles. The minimum Gasteiger partial charge on any atom is -0.446 e. The number of rotatable bonds is 1. The normalized spacial score (nSPS) is 31.8. The van der Waals surface area contributed by atoms with E-state index in [1.807, 2.05) is 4.90 Å². The molecule has 0 spiro atoms. The first-order chi connectivity index (χ1) is 7.68. The molecule has 2 fully saturated rings. The standard InChI is InChI=1S/C12H21NO3/c1-9-3-6-13(10(9)2)12(14)16-11-4-7-15-8-5-11/h9-11H,3-8H2,1-2H3. The number of hydrogen-bond donors (Lipinski definition) is 0. The fourth-order valence-corrected chi connectivity index (χ4v) is 2.36. The Morgan fingerprint density at radius 1 is 1.25 bits per heavy atom. The third-order valence-corrected chi connectivity index (χ3v) is 3.81. The molecule has 92 valence electrons. The average Bonchev–Trinajstić information content (AvgIpc) is 2.61. The summed E-state index contributed by atoms with van der Waals surface area (Å²) in [6.45, 7) is 6.55. The SMILES string of the molecule is CC1CCN(C(=O)OC2CCOCC2)C1C. The molecule has 0 bridgehead atoms. The number of nitrogens with zero attached hydrogens (tertiary/aromatic N) is 1. The van der Waals surface area contributed by atoms with Crippen molar-refractivity contribution in [2.75, 3.05) is 19.8 Å². The molecule has 4 nitrogen and oxygen atoms in total. The topological polar surface area (TPSA) is 38.8 Å². The van der Waals surface area contributed by atoms with Gasteiger partial charge in [0.25, 0.3) is 0 Å². The maximum absolute atomic E-state index is 11.9. The number of carbonyl (C=O) groups excluding carboxylic acids is 1. The minimum atomic E-state index is -0.135. The predicted molar refractivity (Wildman–Crippen MR) is 60.3 cm³/mol. The third-order valence-electron chi connectivity index (χ3n) is 3.81. The molecule has 2 aliphatic heterocycles. The highest BCUT2D eigenvalue weighted by Gasteiger charge is 2.33. The molecule has 2 saturated heterocycles. The molecule has 2 aliphatic rings. The smallest absolute Gasteiger partial charge is 0.410 e. The largest absolute Gasteiger partial charge is 0.446 e. The molecule has 0 saturated carbocycles. The summed E-state index contributed by atoms with van der Waals surface area (Å²) in [5, 5.41) is 0. The first-order valence-electron chi connectivity index (χ1n) is 6.23. The summed E-state index contributed by atoms with van der Waals surface area (Å²) in [5.41, 5.74) is 0. The van der Waals surface area contributed by atoms with E-state index in [1.54, 1.807) is 0 Å². The zero-order chi connectivity index (χ0) is 11.5. The Labute approximate surface area is 96.9 Å². The van der Waals surface area contributed by atoms with E-state index < -0.39 is 0 Å². The van der Waals surface area contributed by atoms with Gasteiger partial charge in [0.05, 0.1) is 13.2 Å². The Hall–Kier alpha value is -0.770. The second-order valence-electron chi connectivity index (χ2n) is 4.90. The zero-order valence-corrected chi connectivity index (χ0v) is 10.1. The molecule has 2 unspecified atom stereocenters. The molecule has 2 atom stereocenters. The lowest BCUT2D eigenvalue weighted by atomic mass is 10.1. The monoisotopic (exact) mass is 227 g/mol. The van der Waals surface area contributed by atoms with Gasteiger partial charge < -0.3 is 14.4 Å². The van der Waals surface area contributed by atoms with Crippen molar-refractivity contribution in [3.63, 3.8) is 0 Å². The van der Waals surface area contributed by atoms with Crippen LogP contribution >= 0.6 is 0 Å². The van der Waals surface area contributed by atoms with Gasteiger partial charge >= 0.3 is 6.09 Å². The molecule has 4 heteroatoms. The molecule has 0 aromatic heterocycles. The minimum absolute atomic E-state index is 0.0596. The molecule has 0 aliphatic carbocycles. The highest BCUT2D eigenvalue weighted by Crippen LogP contribution is 2.24. The van der Waals surface area contributed by atoms with Gasteiger partial charge in [0, 0.05) is 25.4 Å². The second kappa shape index (κ2) is 5.04. The number of likely N-dealkylation sites (tertiary alicyclic amines) is 1. The lowest BCUT2D eigenvalue weighted by Gasteiger charge is -2.27. The quantitative estimate of drug-likeness (QED) is 0.688. The Kier molecular flexibility index (Phi) is 3.69. The van der Waals surface area contributed by atoms with Gasteiger partial charge in [-0.05, 0) is 19.3 Å². The Bertz CT molecular complexity index is 251. The van der Waals surface area contributed by atoms with Crippen molar-refractivity contribution in [3.05, 3.63) is 0 Å². The van der Waals surface area contributed by atoms with E-state index in [9.17, 15) is 4.79 Å². The summed E-state index contributed by atoms with van der Waals surface area (Å²) in [7, 11) is 0. The van der Waals surface area contributed by atoms with Crippen LogP contribution in [0.1, 0.15) is 33.1 Å². The fourth-order valence-electron chi connectivity index (χ4n) is 2.36. The maximum Gasteiger partial charge on any atom is 0.410 e. The van der Waals surface area contributed by atoms with Crippen molar-refractivity contribution >= 4 is 6.09 Å². The molecule has 0 radical (unpaired) electrons. The van der Waals surface area contributed by atoms with Crippen LogP contribution in [0.5, 0.6) is 0 Å². The highest BCUT2D eigenvalue weighted by atomic mass is 16.6. The Morgan fingerprint density at radius 3 is 2.50 bits per heavy atom. The van der Waals surface area contributed by atoms with Crippen LogP contribution in [0.2, 0.25) is 0 Å². The fraction of sp³-hybridized carbons (Fsp3) is 0.917. The highest BCUT2D eigenvalue weighted by molar-refractivity contribution is 5.68. The van der Waals surface area contributed by atoms with Crippen molar-refractivity contribution in [3.8, 4) is 0 Å². The van der Waals surface area contributed by atoms with Crippen LogP contribution in [0.3, 0.4) is 0 Å². The van der Waals surface area contributed by atoms with Gasteiger partial charge in [-0.25, -0.2) is 4.79 Å². The van der Waals surface area contributed by atoms with Gasteiger partial charge in [-0.3, -0.25) is 0 Å². The molecule has 1 amide bonds. The van der Waals surface area contributed by atoms with Crippen LogP contribution in [-0.2, 0) is 9.47 Å². The van der Waals surface area contributed by atoms with Crippen LogP contribution in [0.4, 0.5) is 4.79 Å². The molecule has 0 aromatic carbocycles. The summed E-state index contributed by atoms with van der Waals surface area (Å²) >= 11 is 0. The van der Waals surface area contributed by atoms with Crippen LogP contribution in [0, 0.1) is 5.92 Å². The second-order valence-corrected chi connectivity index (χ2v) is 4.90. The molecule has 16 heavy (non-hydrogen) atoms. The van der Waals surface area contributed by atoms with E-state index in [1.165, 1.54) is 0 Å². The Morgan fingerprint density at radius 2 is 1.94 bits per heavy atom. The van der Waals surface area contributed by atoms with Gasteiger partial charge in [-0.2, -0.15) is 0 Å². The zero-order valence-electron chi connectivity index (χ0n) is 10.1. The predicted octanol–water partition coefficient (Wildman–Crippen LogP) is 2.03. The van der Waals surface area contributed by atoms with Gasteiger partial charge in [0.1, 0.15) is 6.10 Å². The lowest BCUT2D eigenvalue weighted by Crippen LogP contribution is -2.39. The number of amides is 1. The number of ether oxygens (including phenoxy) is 2. The van der Waals surface area contributed by atoms with E-state index in [0.717, 1.165) is 25.8 Å². The molecular weight excluding hydrogens is 206 g/mol. The summed E-state index contributed by atoms with van der Waals surface area (Å²) in [6, 6.07) is 0.312. The summed E-state index contributed by atoms with van der Waals surface area (Å²) < 4.78 is 10.7. The van der Waals surface area contributed by atoms with Crippen molar-refractivity contribution in [2.24, 2.45) is 5.92 Å². The van der Waals surface area contributed by atoms with Crippen molar-refractivity contribution in [2.45, 2.75) is 45.3 Å². The van der Waals surface area contributed by atoms with Gasteiger partial charge in [-0.15, -0.1) is 0 Å². The van der Waals surface area contributed by atoms with Crippen molar-refractivity contribution in [1.82, 2.24) is 4.90 Å². The molecule has 0 N–H and O–H groups in total.